The topological polar surface area (TPSA) is 32.3 Å². The van der Waals surface area contributed by atoms with Gasteiger partial charge in [0.15, 0.2) is 0 Å². The summed E-state index contributed by atoms with van der Waals surface area (Å²) < 4.78 is 0. The number of rotatable bonds is 3. The highest BCUT2D eigenvalue weighted by atomic mass is 16.3. The average molecular weight is 289 g/mol. The molecule has 0 bridgehead atoms. The Balaban J connectivity index is 1.54. The standard InChI is InChI=1S/C20H19NO/c22-19-12-17-7-3-4-8-18(17)20(19)21-13-14-9-10-15-5-1-2-6-16(15)11-14/h1-11,19-22H,12-13H2/t19-,20+/m0/s1. The van der Waals surface area contributed by atoms with Gasteiger partial charge in [-0.05, 0) is 33.5 Å². The molecule has 3 aromatic carbocycles. The lowest BCUT2D eigenvalue weighted by Crippen LogP contribution is -2.28. The molecule has 4 rings (SSSR count). The van der Waals surface area contributed by atoms with E-state index >= 15 is 0 Å². The fourth-order valence-electron chi connectivity index (χ4n) is 3.40. The van der Waals surface area contributed by atoms with Gasteiger partial charge in [0.05, 0.1) is 12.1 Å². The van der Waals surface area contributed by atoms with Gasteiger partial charge in [0.25, 0.3) is 0 Å². The molecule has 2 heteroatoms. The van der Waals surface area contributed by atoms with Crippen LogP contribution < -0.4 is 5.32 Å². The maximum Gasteiger partial charge on any atom is 0.0775 e. The van der Waals surface area contributed by atoms with E-state index < -0.39 is 0 Å². The summed E-state index contributed by atoms with van der Waals surface area (Å²) in [5.41, 5.74) is 3.73. The predicted molar refractivity (Wildman–Crippen MR) is 89.7 cm³/mol. The van der Waals surface area contributed by atoms with E-state index in [1.165, 1.54) is 27.5 Å². The number of benzene rings is 3. The van der Waals surface area contributed by atoms with Crippen molar-refractivity contribution < 1.29 is 5.11 Å². The Morgan fingerprint density at radius 2 is 1.68 bits per heavy atom. The summed E-state index contributed by atoms with van der Waals surface area (Å²) in [5.74, 6) is 0. The second kappa shape index (κ2) is 5.56. The van der Waals surface area contributed by atoms with E-state index in [1.54, 1.807) is 0 Å². The molecule has 110 valence electrons. The molecule has 0 heterocycles. The van der Waals surface area contributed by atoms with Crippen LogP contribution in [0.1, 0.15) is 22.7 Å². The van der Waals surface area contributed by atoms with Gasteiger partial charge in [0.2, 0.25) is 0 Å². The Morgan fingerprint density at radius 3 is 2.59 bits per heavy atom. The molecule has 0 radical (unpaired) electrons. The van der Waals surface area contributed by atoms with Crippen LogP contribution in [0.5, 0.6) is 0 Å². The molecular formula is C20H19NO. The summed E-state index contributed by atoms with van der Waals surface area (Å²) in [7, 11) is 0. The predicted octanol–water partition coefficient (Wildman–Crippen LogP) is 3.59. The van der Waals surface area contributed by atoms with Crippen LogP contribution in [0.15, 0.2) is 66.7 Å². The summed E-state index contributed by atoms with van der Waals surface area (Å²) >= 11 is 0. The van der Waals surface area contributed by atoms with Gasteiger partial charge in [0, 0.05) is 13.0 Å². The van der Waals surface area contributed by atoms with E-state index in [9.17, 15) is 5.11 Å². The highest BCUT2D eigenvalue weighted by molar-refractivity contribution is 5.82. The van der Waals surface area contributed by atoms with Crippen LogP contribution in [-0.2, 0) is 13.0 Å². The molecule has 0 aliphatic heterocycles. The summed E-state index contributed by atoms with van der Waals surface area (Å²) in [4.78, 5) is 0. The second-order valence-electron chi connectivity index (χ2n) is 6.01. The molecule has 3 aromatic rings. The van der Waals surface area contributed by atoms with E-state index in [4.69, 9.17) is 0 Å². The highest BCUT2D eigenvalue weighted by Gasteiger charge is 2.29. The van der Waals surface area contributed by atoms with Crippen molar-refractivity contribution in [1.82, 2.24) is 5.32 Å². The molecule has 0 fully saturated rings. The van der Waals surface area contributed by atoms with Gasteiger partial charge in [-0.15, -0.1) is 0 Å². The van der Waals surface area contributed by atoms with Crippen LogP contribution in [0.2, 0.25) is 0 Å². The quantitative estimate of drug-likeness (QED) is 0.772. The van der Waals surface area contributed by atoms with Crippen molar-refractivity contribution in [3.05, 3.63) is 83.4 Å². The van der Waals surface area contributed by atoms with Gasteiger partial charge in [0.1, 0.15) is 0 Å². The first-order chi connectivity index (χ1) is 10.8. The lowest BCUT2D eigenvalue weighted by atomic mass is 10.1. The molecule has 0 spiro atoms. The summed E-state index contributed by atoms with van der Waals surface area (Å²) in [6, 6.07) is 23.3. The monoisotopic (exact) mass is 289 g/mol. The Hall–Kier alpha value is -2.16. The zero-order valence-corrected chi connectivity index (χ0v) is 12.4. The normalized spacial score (nSPS) is 20.2. The number of nitrogens with one attached hydrogen (secondary N) is 1. The fraction of sp³-hybridized carbons (Fsp3) is 0.200. The van der Waals surface area contributed by atoms with Crippen LogP contribution in [0.25, 0.3) is 10.8 Å². The zero-order chi connectivity index (χ0) is 14.9. The van der Waals surface area contributed by atoms with Gasteiger partial charge in [-0.2, -0.15) is 0 Å². The highest BCUT2D eigenvalue weighted by Crippen LogP contribution is 2.31. The van der Waals surface area contributed by atoms with E-state index in [-0.39, 0.29) is 12.1 Å². The molecular weight excluding hydrogens is 270 g/mol. The van der Waals surface area contributed by atoms with Crippen LogP contribution >= 0.6 is 0 Å². The van der Waals surface area contributed by atoms with Crippen molar-refractivity contribution >= 4 is 10.8 Å². The molecule has 2 atom stereocenters. The first kappa shape index (κ1) is 13.5. The Bertz CT molecular complexity index is 811. The van der Waals surface area contributed by atoms with Crippen molar-refractivity contribution in [3.8, 4) is 0 Å². The lowest BCUT2D eigenvalue weighted by Gasteiger charge is -2.18. The zero-order valence-electron chi connectivity index (χ0n) is 12.4. The van der Waals surface area contributed by atoms with Crippen LogP contribution in [0, 0.1) is 0 Å². The van der Waals surface area contributed by atoms with E-state index in [0.717, 1.165) is 13.0 Å². The molecule has 0 saturated carbocycles. The van der Waals surface area contributed by atoms with Crippen molar-refractivity contribution in [2.24, 2.45) is 0 Å². The van der Waals surface area contributed by atoms with Gasteiger partial charge in [-0.1, -0.05) is 60.7 Å². The molecule has 0 unspecified atom stereocenters. The molecule has 0 aromatic heterocycles. The number of fused-ring (bicyclic) bond motifs is 2. The van der Waals surface area contributed by atoms with E-state index in [2.05, 4.69) is 59.9 Å². The summed E-state index contributed by atoms with van der Waals surface area (Å²) in [6.07, 6.45) is 0.406. The van der Waals surface area contributed by atoms with Gasteiger partial charge in [-0.25, -0.2) is 0 Å². The average Bonchev–Trinajstić information content (AvgIpc) is 2.88. The fourth-order valence-corrected chi connectivity index (χ4v) is 3.40. The molecule has 2 nitrogen and oxygen atoms in total. The largest absolute Gasteiger partial charge is 0.391 e. The molecule has 1 aliphatic carbocycles. The molecule has 1 aliphatic rings. The minimum Gasteiger partial charge on any atom is -0.391 e. The van der Waals surface area contributed by atoms with Crippen LogP contribution in [0.4, 0.5) is 0 Å². The Morgan fingerprint density at radius 1 is 0.909 bits per heavy atom. The SMILES string of the molecule is O[C@H]1Cc2ccccc2[C@H]1NCc1ccc2ccccc2c1. The number of aliphatic hydroxyl groups is 1. The maximum atomic E-state index is 10.3. The lowest BCUT2D eigenvalue weighted by molar-refractivity contribution is 0.140. The van der Waals surface area contributed by atoms with Crippen molar-refractivity contribution in [2.45, 2.75) is 25.1 Å². The molecule has 0 amide bonds. The summed E-state index contributed by atoms with van der Waals surface area (Å²) in [5, 5.41) is 16.3. The number of aliphatic hydroxyl groups excluding tert-OH is 1. The first-order valence-corrected chi connectivity index (χ1v) is 7.78. The molecule has 2 N–H and O–H groups in total. The van der Waals surface area contributed by atoms with Crippen LogP contribution in [0.3, 0.4) is 0 Å². The summed E-state index contributed by atoms with van der Waals surface area (Å²) in [6.45, 7) is 0.765. The first-order valence-electron chi connectivity index (χ1n) is 7.78. The minimum absolute atomic E-state index is 0.0303. The minimum atomic E-state index is -0.335. The van der Waals surface area contributed by atoms with Crippen molar-refractivity contribution in [3.63, 3.8) is 0 Å². The number of hydrogen-bond donors (Lipinski definition) is 2. The third-order valence-electron chi connectivity index (χ3n) is 4.54. The Labute approximate surface area is 130 Å². The molecule has 22 heavy (non-hydrogen) atoms. The number of hydrogen-bond acceptors (Lipinski definition) is 2. The third-order valence-corrected chi connectivity index (χ3v) is 4.54. The molecule has 0 saturated heterocycles. The van der Waals surface area contributed by atoms with E-state index in [0.29, 0.717) is 0 Å². The van der Waals surface area contributed by atoms with Gasteiger partial charge < -0.3 is 10.4 Å². The second-order valence-corrected chi connectivity index (χ2v) is 6.01. The van der Waals surface area contributed by atoms with Crippen LogP contribution in [-0.4, -0.2) is 11.2 Å². The smallest absolute Gasteiger partial charge is 0.0775 e. The van der Waals surface area contributed by atoms with Gasteiger partial charge >= 0.3 is 0 Å². The maximum absolute atomic E-state index is 10.3. The van der Waals surface area contributed by atoms with Gasteiger partial charge in [-0.3, -0.25) is 0 Å². The third kappa shape index (κ3) is 2.41. The van der Waals surface area contributed by atoms with Crippen molar-refractivity contribution in [2.75, 3.05) is 0 Å². The van der Waals surface area contributed by atoms with E-state index in [1.807, 2.05) is 12.1 Å². The van der Waals surface area contributed by atoms with Crippen molar-refractivity contribution in [1.29, 1.82) is 0 Å². The Kier molecular flexibility index (Phi) is 3.41.